The molecule has 4 heteroatoms. The van der Waals surface area contributed by atoms with Gasteiger partial charge in [-0.05, 0) is 36.5 Å². The van der Waals surface area contributed by atoms with E-state index >= 15 is 0 Å². The van der Waals surface area contributed by atoms with Gasteiger partial charge in [0.1, 0.15) is 5.75 Å². The van der Waals surface area contributed by atoms with E-state index in [1.54, 1.807) is 6.07 Å². The molecule has 0 aromatic heterocycles. The first-order valence-corrected chi connectivity index (χ1v) is 6.56. The van der Waals surface area contributed by atoms with Crippen LogP contribution in [-0.2, 0) is 6.54 Å². The van der Waals surface area contributed by atoms with Gasteiger partial charge in [0.2, 0.25) is 0 Å². The Bertz CT molecular complexity index is 380. The molecule has 0 unspecified atom stereocenters. The van der Waals surface area contributed by atoms with Gasteiger partial charge < -0.3 is 10.4 Å². The fourth-order valence-electron chi connectivity index (χ4n) is 2.15. The topological polar surface area (TPSA) is 32.3 Å². The molecular formula is C13H19BrClNO. The molecule has 2 N–H and O–H groups in total. The number of benzene rings is 1. The summed E-state index contributed by atoms with van der Waals surface area (Å²) in [6.07, 6.45) is 4.01. The quantitative estimate of drug-likeness (QED) is 0.883. The van der Waals surface area contributed by atoms with Crippen molar-refractivity contribution in [3.63, 3.8) is 0 Å². The van der Waals surface area contributed by atoms with E-state index in [0.717, 1.165) is 23.1 Å². The zero-order valence-corrected chi connectivity index (χ0v) is 12.4. The Morgan fingerprint density at radius 2 is 2.12 bits per heavy atom. The summed E-state index contributed by atoms with van der Waals surface area (Å²) < 4.78 is 1.01. The van der Waals surface area contributed by atoms with Crippen LogP contribution in [0, 0.1) is 5.41 Å². The van der Waals surface area contributed by atoms with Crippen LogP contribution in [-0.4, -0.2) is 11.7 Å². The third-order valence-corrected chi connectivity index (χ3v) is 3.96. The van der Waals surface area contributed by atoms with E-state index in [9.17, 15) is 5.11 Å². The van der Waals surface area contributed by atoms with Gasteiger partial charge in [-0.15, -0.1) is 12.4 Å². The highest BCUT2D eigenvalue weighted by atomic mass is 79.9. The summed E-state index contributed by atoms with van der Waals surface area (Å²) in [5.74, 6) is 0.370. The molecule has 0 amide bonds. The fraction of sp³-hybridized carbons (Fsp3) is 0.538. The number of aromatic hydroxyl groups is 1. The van der Waals surface area contributed by atoms with Gasteiger partial charge in [0.05, 0.1) is 0 Å². The maximum absolute atomic E-state index is 9.67. The van der Waals surface area contributed by atoms with Crippen LogP contribution in [0.4, 0.5) is 0 Å². The van der Waals surface area contributed by atoms with Crippen molar-refractivity contribution in [1.82, 2.24) is 5.32 Å². The summed E-state index contributed by atoms with van der Waals surface area (Å²) in [6.45, 7) is 4.10. The van der Waals surface area contributed by atoms with Gasteiger partial charge in [-0.1, -0.05) is 29.3 Å². The zero-order valence-electron chi connectivity index (χ0n) is 10.0. The van der Waals surface area contributed by atoms with Crippen LogP contribution in [0.5, 0.6) is 5.75 Å². The minimum absolute atomic E-state index is 0. The molecule has 0 spiro atoms. The minimum atomic E-state index is 0. The number of hydrogen-bond donors (Lipinski definition) is 2. The lowest BCUT2D eigenvalue weighted by atomic mass is 9.70. The van der Waals surface area contributed by atoms with Crippen LogP contribution < -0.4 is 5.32 Å². The minimum Gasteiger partial charge on any atom is -0.508 e. The Balaban J connectivity index is 0.00000144. The van der Waals surface area contributed by atoms with Crippen LogP contribution in [0.2, 0.25) is 0 Å². The number of hydrogen-bond acceptors (Lipinski definition) is 2. The van der Waals surface area contributed by atoms with E-state index in [1.807, 2.05) is 12.1 Å². The molecule has 96 valence electrons. The number of phenols is 1. The lowest BCUT2D eigenvalue weighted by molar-refractivity contribution is 0.156. The summed E-state index contributed by atoms with van der Waals surface area (Å²) in [5.41, 5.74) is 1.44. The molecule has 1 aromatic carbocycles. The predicted octanol–water partition coefficient (Wildman–Crippen LogP) is 3.86. The van der Waals surface area contributed by atoms with Gasteiger partial charge in [0.15, 0.2) is 0 Å². The maximum atomic E-state index is 9.67. The third-order valence-electron chi connectivity index (χ3n) is 3.47. The molecule has 2 nitrogen and oxygen atoms in total. The molecule has 0 radical (unpaired) electrons. The number of nitrogens with one attached hydrogen (secondary N) is 1. The second kappa shape index (κ2) is 6.07. The Hall–Kier alpha value is -0.250. The van der Waals surface area contributed by atoms with Crippen molar-refractivity contribution < 1.29 is 5.11 Å². The van der Waals surface area contributed by atoms with Crippen molar-refractivity contribution in [3.8, 4) is 5.75 Å². The highest BCUT2D eigenvalue weighted by molar-refractivity contribution is 9.10. The summed E-state index contributed by atoms with van der Waals surface area (Å²) in [5, 5.41) is 13.1. The van der Waals surface area contributed by atoms with Crippen molar-refractivity contribution in [3.05, 3.63) is 28.2 Å². The molecule has 0 aliphatic heterocycles. The molecule has 2 rings (SSSR count). The second-order valence-corrected chi connectivity index (χ2v) is 5.96. The molecule has 1 fully saturated rings. The van der Waals surface area contributed by atoms with Crippen molar-refractivity contribution in [1.29, 1.82) is 0 Å². The first kappa shape index (κ1) is 14.8. The van der Waals surface area contributed by atoms with Crippen LogP contribution >= 0.6 is 28.3 Å². The number of halogens is 2. The van der Waals surface area contributed by atoms with Crippen LogP contribution in [0.1, 0.15) is 31.7 Å². The van der Waals surface area contributed by atoms with Crippen LogP contribution in [0.15, 0.2) is 22.7 Å². The van der Waals surface area contributed by atoms with E-state index in [4.69, 9.17) is 0 Å². The SMILES string of the molecule is CC1(CNCc2cc(Br)ccc2O)CCC1.Cl. The fourth-order valence-corrected chi connectivity index (χ4v) is 2.56. The molecule has 1 aliphatic carbocycles. The van der Waals surface area contributed by atoms with E-state index in [1.165, 1.54) is 19.3 Å². The highest BCUT2D eigenvalue weighted by Crippen LogP contribution is 2.39. The zero-order chi connectivity index (χ0) is 11.6. The molecule has 0 saturated heterocycles. The Morgan fingerprint density at radius 3 is 2.71 bits per heavy atom. The van der Waals surface area contributed by atoms with E-state index in [-0.39, 0.29) is 12.4 Å². The summed E-state index contributed by atoms with van der Waals surface area (Å²) in [4.78, 5) is 0. The van der Waals surface area contributed by atoms with Gasteiger partial charge in [-0.3, -0.25) is 0 Å². The van der Waals surface area contributed by atoms with Crippen molar-refractivity contribution in [2.75, 3.05) is 6.54 Å². The van der Waals surface area contributed by atoms with Crippen molar-refractivity contribution in [2.45, 2.75) is 32.7 Å². The largest absolute Gasteiger partial charge is 0.508 e. The summed E-state index contributed by atoms with van der Waals surface area (Å²) >= 11 is 3.41. The number of rotatable bonds is 4. The molecule has 1 saturated carbocycles. The molecule has 17 heavy (non-hydrogen) atoms. The van der Waals surface area contributed by atoms with Gasteiger partial charge in [0, 0.05) is 23.1 Å². The lowest BCUT2D eigenvalue weighted by Gasteiger charge is -2.38. The highest BCUT2D eigenvalue weighted by Gasteiger charge is 2.30. The molecule has 0 atom stereocenters. The van der Waals surface area contributed by atoms with Crippen molar-refractivity contribution in [2.24, 2.45) is 5.41 Å². The molecule has 1 aliphatic rings. The summed E-state index contributed by atoms with van der Waals surface area (Å²) in [6, 6.07) is 5.55. The second-order valence-electron chi connectivity index (χ2n) is 5.04. The molecule has 0 heterocycles. The Morgan fingerprint density at radius 1 is 1.41 bits per heavy atom. The van der Waals surface area contributed by atoms with Gasteiger partial charge >= 0.3 is 0 Å². The van der Waals surface area contributed by atoms with E-state index < -0.39 is 0 Å². The van der Waals surface area contributed by atoms with Crippen molar-refractivity contribution >= 4 is 28.3 Å². The first-order valence-electron chi connectivity index (χ1n) is 5.77. The standard InChI is InChI=1S/C13H18BrNO.ClH/c1-13(5-2-6-13)9-15-8-10-7-11(14)3-4-12(10)16;/h3-4,7,15-16H,2,5-6,8-9H2,1H3;1H. The Kier molecular flexibility index (Phi) is 5.29. The molecular weight excluding hydrogens is 302 g/mol. The average molecular weight is 321 g/mol. The monoisotopic (exact) mass is 319 g/mol. The maximum Gasteiger partial charge on any atom is 0.120 e. The normalized spacial score (nSPS) is 17.1. The average Bonchev–Trinajstić information content (AvgIpc) is 2.21. The van der Waals surface area contributed by atoms with E-state index in [0.29, 0.717) is 11.2 Å². The van der Waals surface area contributed by atoms with Gasteiger partial charge in [-0.25, -0.2) is 0 Å². The lowest BCUT2D eigenvalue weighted by Crippen LogP contribution is -2.36. The predicted molar refractivity (Wildman–Crippen MR) is 76.7 cm³/mol. The molecule has 0 bridgehead atoms. The Labute approximate surface area is 117 Å². The number of phenolic OH excluding ortho intramolecular Hbond substituents is 1. The smallest absolute Gasteiger partial charge is 0.120 e. The first-order chi connectivity index (χ1) is 7.59. The van der Waals surface area contributed by atoms with E-state index in [2.05, 4.69) is 28.2 Å². The third kappa shape index (κ3) is 3.87. The van der Waals surface area contributed by atoms with Crippen LogP contribution in [0.25, 0.3) is 0 Å². The van der Waals surface area contributed by atoms with Crippen LogP contribution in [0.3, 0.4) is 0 Å². The summed E-state index contributed by atoms with van der Waals surface area (Å²) in [7, 11) is 0. The molecule has 1 aromatic rings. The van der Waals surface area contributed by atoms with Gasteiger partial charge in [-0.2, -0.15) is 0 Å². The van der Waals surface area contributed by atoms with Gasteiger partial charge in [0.25, 0.3) is 0 Å².